The van der Waals surface area contributed by atoms with E-state index in [0.717, 1.165) is 16.1 Å². The van der Waals surface area contributed by atoms with E-state index in [1.54, 1.807) is 7.11 Å². The van der Waals surface area contributed by atoms with Gasteiger partial charge in [-0.15, -0.1) is 0 Å². The first-order valence-electron chi connectivity index (χ1n) is 6.89. The largest absolute Gasteiger partial charge is 0.373 e. The molecule has 2 rings (SSSR count). The van der Waals surface area contributed by atoms with Gasteiger partial charge in [-0.3, -0.25) is 0 Å². The van der Waals surface area contributed by atoms with Crippen LogP contribution < -0.4 is 0 Å². The molecule has 0 radical (unpaired) electrons. The van der Waals surface area contributed by atoms with Crippen LogP contribution in [0.5, 0.6) is 0 Å². The second kappa shape index (κ2) is 7.82. The molecule has 0 aliphatic heterocycles. The second-order valence-electron chi connectivity index (χ2n) is 4.81. The van der Waals surface area contributed by atoms with Crippen molar-refractivity contribution in [2.45, 2.75) is 13.0 Å². The first kappa shape index (κ1) is 15.6. The number of hydrogen-bond donors (Lipinski definition) is 0. The van der Waals surface area contributed by atoms with Crippen LogP contribution in [0.1, 0.15) is 24.2 Å². The minimum Gasteiger partial charge on any atom is -0.373 e. The van der Waals surface area contributed by atoms with E-state index in [2.05, 4.69) is 31.2 Å². The van der Waals surface area contributed by atoms with Gasteiger partial charge in [-0.05, 0) is 35.8 Å². The summed E-state index contributed by atoms with van der Waals surface area (Å²) in [6, 6.07) is 18.0. The van der Waals surface area contributed by atoms with Gasteiger partial charge in [0, 0.05) is 12.1 Å². The molecule has 0 saturated heterocycles. The molecule has 0 aromatic heterocycles. The summed E-state index contributed by atoms with van der Waals surface area (Å²) < 4.78 is 5.51. The topological polar surface area (TPSA) is 9.23 Å². The summed E-state index contributed by atoms with van der Waals surface area (Å²) in [7, 11) is 1.72. The molecule has 0 aliphatic rings. The Morgan fingerprint density at radius 3 is 2.33 bits per heavy atom. The van der Waals surface area contributed by atoms with Gasteiger partial charge in [0.25, 0.3) is 0 Å². The van der Waals surface area contributed by atoms with Crippen LogP contribution in [-0.4, -0.2) is 7.11 Å². The molecule has 1 unspecified atom stereocenters. The summed E-state index contributed by atoms with van der Waals surface area (Å²) in [6.07, 6.45) is 6.14. The number of hydrogen-bond acceptors (Lipinski definition) is 1. The molecule has 0 spiro atoms. The maximum atomic E-state index is 5.90. The van der Waals surface area contributed by atoms with Gasteiger partial charge >= 0.3 is 0 Å². The van der Waals surface area contributed by atoms with Gasteiger partial charge in [0.1, 0.15) is 6.10 Å². The highest BCUT2D eigenvalue weighted by molar-refractivity contribution is 6.30. The van der Waals surface area contributed by atoms with Gasteiger partial charge in [0.05, 0.1) is 0 Å². The van der Waals surface area contributed by atoms with Crippen molar-refractivity contribution >= 4 is 17.2 Å². The van der Waals surface area contributed by atoms with Gasteiger partial charge in [-0.25, -0.2) is 0 Å². The van der Waals surface area contributed by atoms with Crippen LogP contribution >= 0.6 is 11.6 Å². The molecule has 21 heavy (non-hydrogen) atoms. The molecule has 1 nitrogen and oxygen atoms in total. The van der Waals surface area contributed by atoms with E-state index in [1.807, 2.05) is 48.5 Å². The predicted molar refractivity (Wildman–Crippen MR) is 90.4 cm³/mol. The molecule has 0 bridgehead atoms. The zero-order valence-electron chi connectivity index (χ0n) is 12.3. The molecular weight excluding hydrogens is 280 g/mol. The summed E-state index contributed by atoms with van der Waals surface area (Å²) in [5.41, 5.74) is 3.50. The van der Waals surface area contributed by atoms with Crippen molar-refractivity contribution in [3.05, 3.63) is 89.0 Å². The monoisotopic (exact) mass is 298 g/mol. The summed E-state index contributed by atoms with van der Waals surface area (Å²) in [4.78, 5) is 0. The minimum atomic E-state index is -0.0273. The number of rotatable bonds is 5. The SMILES string of the molecule is COC(/C=C/C=C(\C)c1ccc(Cl)cc1)c1ccccc1. The molecule has 0 amide bonds. The Hall–Kier alpha value is -1.83. The van der Waals surface area contributed by atoms with E-state index >= 15 is 0 Å². The first-order valence-corrected chi connectivity index (χ1v) is 7.27. The fourth-order valence-electron chi connectivity index (χ4n) is 2.08. The van der Waals surface area contributed by atoms with Crippen molar-refractivity contribution < 1.29 is 4.74 Å². The molecule has 0 fully saturated rings. The van der Waals surface area contributed by atoms with Crippen LogP contribution in [0.15, 0.2) is 72.8 Å². The van der Waals surface area contributed by atoms with E-state index in [0.29, 0.717) is 0 Å². The first-order chi connectivity index (χ1) is 10.2. The third kappa shape index (κ3) is 4.59. The van der Waals surface area contributed by atoms with E-state index < -0.39 is 0 Å². The van der Waals surface area contributed by atoms with Crippen LogP contribution in [0.2, 0.25) is 5.02 Å². The summed E-state index contributed by atoms with van der Waals surface area (Å²) in [5, 5.41) is 0.755. The maximum absolute atomic E-state index is 5.90. The molecule has 0 N–H and O–H groups in total. The fourth-order valence-corrected chi connectivity index (χ4v) is 2.20. The average Bonchev–Trinajstić information content (AvgIpc) is 2.53. The third-order valence-electron chi connectivity index (χ3n) is 3.31. The van der Waals surface area contributed by atoms with E-state index in [9.17, 15) is 0 Å². The Morgan fingerprint density at radius 2 is 1.71 bits per heavy atom. The lowest BCUT2D eigenvalue weighted by atomic mass is 10.1. The van der Waals surface area contributed by atoms with Gasteiger partial charge < -0.3 is 4.74 Å². The number of allylic oxidation sites excluding steroid dienone is 3. The van der Waals surface area contributed by atoms with Crippen LogP contribution in [0.4, 0.5) is 0 Å². The number of ether oxygens (including phenoxy) is 1. The molecule has 108 valence electrons. The molecule has 2 heteroatoms. The zero-order chi connectivity index (χ0) is 15.1. The lowest BCUT2D eigenvalue weighted by Crippen LogP contribution is -1.96. The van der Waals surface area contributed by atoms with Crippen molar-refractivity contribution in [1.29, 1.82) is 0 Å². The van der Waals surface area contributed by atoms with Gasteiger partial charge in [0.2, 0.25) is 0 Å². The van der Waals surface area contributed by atoms with Crippen molar-refractivity contribution in [1.82, 2.24) is 0 Å². The Kier molecular flexibility index (Phi) is 5.79. The molecule has 2 aromatic rings. The molecule has 0 aliphatic carbocycles. The van der Waals surface area contributed by atoms with Gasteiger partial charge in [-0.2, -0.15) is 0 Å². The van der Waals surface area contributed by atoms with E-state index in [4.69, 9.17) is 16.3 Å². The minimum absolute atomic E-state index is 0.0273. The number of halogens is 1. The lowest BCUT2D eigenvalue weighted by molar-refractivity contribution is 0.143. The standard InChI is InChI=1S/C19H19ClO/c1-15(16-11-13-18(20)14-12-16)7-6-10-19(21-2)17-8-4-3-5-9-17/h3-14,19H,1-2H3/b10-6+,15-7+. The fraction of sp³-hybridized carbons (Fsp3) is 0.158. The Labute approximate surface area is 131 Å². The van der Waals surface area contributed by atoms with Crippen LogP contribution in [-0.2, 0) is 4.74 Å². The highest BCUT2D eigenvalue weighted by atomic mass is 35.5. The summed E-state index contributed by atoms with van der Waals surface area (Å²) in [6.45, 7) is 2.08. The second-order valence-corrected chi connectivity index (χ2v) is 5.24. The van der Waals surface area contributed by atoms with E-state index in [1.165, 1.54) is 5.57 Å². The summed E-state index contributed by atoms with van der Waals surface area (Å²) >= 11 is 5.90. The Morgan fingerprint density at radius 1 is 1.05 bits per heavy atom. The van der Waals surface area contributed by atoms with Crippen molar-refractivity contribution in [3.8, 4) is 0 Å². The van der Waals surface area contributed by atoms with Gasteiger partial charge in [0.15, 0.2) is 0 Å². The normalized spacial score (nSPS) is 13.6. The highest BCUT2D eigenvalue weighted by Crippen LogP contribution is 2.19. The smallest absolute Gasteiger partial charge is 0.101 e. The average molecular weight is 299 g/mol. The maximum Gasteiger partial charge on any atom is 0.101 e. The zero-order valence-corrected chi connectivity index (χ0v) is 13.0. The van der Waals surface area contributed by atoms with Crippen molar-refractivity contribution in [2.75, 3.05) is 7.11 Å². The third-order valence-corrected chi connectivity index (χ3v) is 3.57. The number of benzene rings is 2. The van der Waals surface area contributed by atoms with Crippen LogP contribution in [0, 0.1) is 0 Å². The number of methoxy groups -OCH3 is 1. The molecule has 0 saturated carbocycles. The predicted octanol–water partition coefficient (Wildman–Crippen LogP) is 5.69. The quantitative estimate of drug-likeness (QED) is 0.645. The Balaban J connectivity index is 2.09. The van der Waals surface area contributed by atoms with E-state index in [-0.39, 0.29) is 6.10 Å². The van der Waals surface area contributed by atoms with Crippen molar-refractivity contribution in [2.24, 2.45) is 0 Å². The van der Waals surface area contributed by atoms with Gasteiger partial charge in [-0.1, -0.05) is 72.3 Å². The van der Waals surface area contributed by atoms with Crippen molar-refractivity contribution in [3.63, 3.8) is 0 Å². The van der Waals surface area contributed by atoms with Crippen LogP contribution in [0.25, 0.3) is 5.57 Å². The highest BCUT2D eigenvalue weighted by Gasteiger charge is 2.04. The Bertz CT molecular complexity index is 612. The molecule has 0 heterocycles. The summed E-state index contributed by atoms with van der Waals surface area (Å²) in [5.74, 6) is 0. The molecular formula is C19H19ClO. The lowest BCUT2D eigenvalue weighted by Gasteiger charge is -2.10. The van der Waals surface area contributed by atoms with Crippen LogP contribution in [0.3, 0.4) is 0 Å². The molecule has 1 atom stereocenters. The molecule has 2 aromatic carbocycles.